The molecule has 1 aliphatic heterocycles. The highest BCUT2D eigenvalue weighted by Gasteiger charge is 2.18. The van der Waals surface area contributed by atoms with Crippen LogP contribution in [0.25, 0.3) is 0 Å². The predicted octanol–water partition coefficient (Wildman–Crippen LogP) is 1.74. The molecule has 16 heavy (non-hydrogen) atoms. The van der Waals surface area contributed by atoms with E-state index in [0.717, 1.165) is 44.1 Å². The fourth-order valence-corrected chi connectivity index (χ4v) is 1.94. The van der Waals surface area contributed by atoms with Gasteiger partial charge < -0.3 is 14.3 Å². The molecule has 1 aliphatic rings. The van der Waals surface area contributed by atoms with Crippen molar-refractivity contribution < 1.29 is 14.3 Å². The zero-order valence-electron chi connectivity index (χ0n) is 9.69. The van der Waals surface area contributed by atoms with Crippen molar-refractivity contribution in [3.63, 3.8) is 0 Å². The predicted molar refractivity (Wildman–Crippen MR) is 59.3 cm³/mol. The van der Waals surface area contributed by atoms with E-state index in [1.54, 1.807) is 6.26 Å². The maximum Gasteiger partial charge on any atom is 0.194 e. The Morgan fingerprint density at radius 3 is 2.94 bits per heavy atom. The molecular weight excluding hydrogens is 206 g/mol. The Labute approximate surface area is 95.6 Å². The lowest BCUT2D eigenvalue weighted by atomic mass is 9.97. The summed E-state index contributed by atoms with van der Waals surface area (Å²) in [4.78, 5) is 4.41. The lowest BCUT2D eigenvalue weighted by molar-refractivity contribution is 0.0647. The third-order valence-electron chi connectivity index (χ3n) is 3.15. The Kier molecular flexibility index (Phi) is 3.96. The molecule has 1 N–H and O–H groups in total. The van der Waals surface area contributed by atoms with Gasteiger partial charge in [-0.1, -0.05) is 6.92 Å². The molecule has 1 aromatic rings. The van der Waals surface area contributed by atoms with E-state index < -0.39 is 0 Å². The van der Waals surface area contributed by atoms with E-state index in [1.165, 1.54) is 0 Å². The molecule has 0 aliphatic carbocycles. The van der Waals surface area contributed by atoms with Crippen molar-refractivity contribution in [1.29, 1.82) is 0 Å². The zero-order chi connectivity index (χ0) is 11.4. The normalized spacial score (nSPS) is 19.9. The summed E-state index contributed by atoms with van der Waals surface area (Å²) >= 11 is 0. The van der Waals surface area contributed by atoms with Gasteiger partial charge in [0.25, 0.3) is 0 Å². The van der Waals surface area contributed by atoms with Crippen LogP contribution in [-0.4, -0.2) is 29.9 Å². The Hall–Kier alpha value is -0.870. The molecule has 0 bridgehead atoms. The lowest BCUT2D eigenvalue weighted by Gasteiger charge is -2.20. The Morgan fingerprint density at radius 2 is 2.25 bits per heavy atom. The first kappa shape index (κ1) is 11.6. The van der Waals surface area contributed by atoms with Crippen LogP contribution in [0.15, 0.2) is 10.7 Å². The third-order valence-corrected chi connectivity index (χ3v) is 3.15. The van der Waals surface area contributed by atoms with E-state index in [-0.39, 0.29) is 12.5 Å². The summed E-state index contributed by atoms with van der Waals surface area (Å²) in [5, 5.41) is 9.02. The molecule has 1 unspecified atom stereocenters. The molecule has 4 heteroatoms. The van der Waals surface area contributed by atoms with E-state index >= 15 is 0 Å². The van der Waals surface area contributed by atoms with Gasteiger partial charge in [-0.3, -0.25) is 0 Å². The smallest absolute Gasteiger partial charge is 0.194 e. The minimum Gasteiger partial charge on any atom is -0.449 e. The third kappa shape index (κ3) is 2.83. The van der Waals surface area contributed by atoms with E-state index in [0.29, 0.717) is 5.92 Å². The summed E-state index contributed by atoms with van der Waals surface area (Å²) in [6.45, 7) is 3.76. The molecule has 1 aromatic heterocycles. The van der Waals surface area contributed by atoms with Crippen LogP contribution in [0, 0.1) is 5.92 Å². The fraction of sp³-hybridized carbons (Fsp3) is 0.750. The van der Waals surface area contributed by atoms with Gasteiger partial charge in [-0.25, -0.2) is 4.98 Å². The van der Waals surface area contributed by atoms with Crippen LogP contribution < -0.4 is 0 Å². The number of aliphatic hydroxyl groups is 1. The molecule has 1 atom stereocenters. The number of oxazole rings is 1. The summed E-state index contributed by atoms with van der Waals surface area (Å²) in [5.41, 5.74) is 0.851. The van der Waals surface area contributed by atoms with Crippen LogP contribution in [0.3, 0.4) is 0 Å². The largest absolute Gasteiger partial charge is 0.449 e. The maximum absolute atomic E-state index is 9.02. The summed E-state index contributed by atoms with van der Waals surface area (Å²) in [5.74, 6) is 1.49. The summed E-state index contributed by atoms with van der Waals surface area (Å²) in [7, 11) is 0. The Bertz CT molecular complexity index is 318. The monoisotopic (exact) mass is 225 g/mol. The first-order chi connectivity index (χ1) is 7.79. The van der Waals surface area contributed by atoms with Gasteiger partial charge >= 0.3 is 0 Å². The number of hydrogen-bond donors (Lipinski definition) is 1. The van der Waals surface area contributed by atoms with Crippen molar-refractivity contribution in [2.75, 3.05) is 19.8 Å². The average molecular weight is 225 g/mol. The topological polar surface area (TPSA) is 55.5 Å². The van der Waals surface area contributed by atoms with Gasteiger partial charge in [-0.2, -0.15) is 0 Å². The molecule has 1 saturated heterocycles. The van der Waals surface area contributed by atoms with Crippen molar-refractivity contribution in [1.82, 2.24) is 4.98 Å². The van der Waals surface area contributed by atoms with Gasteiger partial charge in [0, 0.05) is 25.6 Å². The quantitative estimate of drug-likeness (QED) is 0.848. The van der Waals surface area contributed by atoms with E-state index in [2.05, 4.69) is 4.98 Å². The number of ether oxygens (including phenoxy) is 1. The van der Waals surface area contributed by atoms with Crippen molar-refractivity contribution in [2.45, 2.75) is 32.1 Å². The summed E-state index contributed by atoms with van der Waals surface area (Å²) in [6, 6.07) is 0. The van der Waals surface area contributed by atoms with Gasteiger partial charge in [-0.15, -0.1) is 0 Å². The first-order valence-electron chi connectivity index (χ1n) is 5.92. The van der Waals surface area contributed by atoms with Gasteiger partial charge in [0.15, 0.2) is 5.89 Å². The second-order valence-corrected chi connectivity index (χ2v) is 4.51. The van der Waals surface area contributed by atoms with E-state index in [4.69, 9.17) is 14.3 Å². The molecule has 0 spiro atoms. The standard InChI is InChI=1S/C12H19NO3/c1-9(7-14)11-8-16-12(13-11)6-10-2-4-15-5-3-10/h8-10,14H,2-7H2,1H3. The van der Waals surface area contributed by atoms with Crippen molar-refractivity contribution in [2.24, 2.45) is 5.92 Å². The van der Waals surface area contributed by atoms with Gasteiger partial charge in [0.1, 0.15) is 6.26 Å². The van der Waals surface area contributed by atoms with Gasteiger partial charge in [0.2, 0.25) is 0 Å². The number of hydrogen-bond acceptors (Lipinski definition) is 4. The van der Waals surface area contributed by atoms with Crippen LogP contribution in [0.1, 0.15) is 37.3 Å². The van der Waals surface area contributed by atoms with Crippen LogP contribution in [-0.2, 0) is 11.2 Å². The van der Waals surface area contributed by atoms with Crippen LogP contribution in [0.2, 0.25) is 0 Å². The highest BCUT2D eigenvalue weighted by molar-refractivity contribution is 5.03. The van der Waals surface area contributed by atoms with E-state index in [1.807, 2.05) is 6.92 Å². The van der Waals surface area contributed by atoms with E-state index in [9.17, 15) is 0 Å². The molecule has 0 aromatic carbocycles. The van der Waals surface area contributed by atoms with Crippen molar-refractivity contribution in [3.05, 3.63) is 17.8 Å². The van der Waals surface area contributed by atoms with Crippen molar-refractivity contribution >= 4 is 0 Å². The highest BCUT2D eigenvalue weighted by atomic mass is 16.5. The van der Waals surface area contributed by atoms with Crippen molar-refractivity contribution in [3.8, 4) is 0 Å². The molecular formula is C12H19NO3. The minimum absolute atomic E-state index is 0.0622. The van der Waals surface area contributed by atoms with Crippen LogP contribution in [0.5, 0.6) is 0 Å². The first-order valence-corrected chi connectivity index (χ1v) is 5.92. The fourth-order valence-electron chi connectivity index (χ4n) is 1.94. The molecule has 2 heterocycles. The number of aromatic nitrogens is 1. The number of aliphatic hydroxyl groups excluding tert-OH is 1. The Balaban J connectivity index is 1.91. The molecule has 0 amide bonds. The summed E-state index contributed by atoms with van der Waals surface area (Å²) in [6.07, 6.45) is 4.73. The Morgan fingerprint density at radius 1 is 1.50 bits per heavy atom. The molecule has 2 rings (SSSR count). The molecule has 0 radical (unpaired) electrons. The van der Waals surface area contributed by atoms with Gasteiger partial charge in [0.05, 0.1) is 12.3 Å². The average Bonchev–Trinajstić information content (AvgIpc) is 2.78. The zero-order valence-corrected chi connectivity index (χ0v) is 9.69. The van der Waals surface area contributed by atoms with Gasteiger partial charge in [-0.05, 0) is 18.8 Å². The SMILES string of the molecule is CC(CO)c1coc(CC2CCOCC2)n1. The second-order valence-electron chi connectivity index (χ2n) is 4.51. The molecule has 1 fully saturated rings. The molecule has 0 saturated carbocycles. The summed E-state index contributed by atoms with van der Waals surface area (Å²) < 4.78 is 10.7. The molecule has 90 valence electrons. The van der Waals surface area contributed by atoms with Crippen LogP contribution in [0.4, 0.5) is 0 Å². The highest BCUT2D eigenvalue weighted by Crippen LogP contribution is 2.21. The number of rotatable bonds is 4. The lowest BCUT2D eigenvalue weighted by Crippen LogP contribution is -2.17. The van der Waals surface area contributed by atoms with Crippen LogP contribution >= 0.6 is 0 Å². The molecule has 4 nitrogen and oxygen atoms in total. The minimum atomic E-state index is 0.0622. The second kappa shape index (κ2) is 5.46. The maximum atomic E-state index is 9.02. The number of nitrogens with zero attached hydrogens (tertiary/aromatic N) is 1.